The van der Waals surface area contributed by atoms with Gasteiger partial charge in [-0.1, -0.05) is 13.3 Å². The van der Waals surface area contributed by atoms with Gasteiger partial charge in [0.1, 0.15) is 0 Å². The van der Waals surface area contributed by atoms with E-state index in [1.165, 1.54) is 7.05 Å². The van der Waals surface area contributed by atoms with E-state index in [9.17, 15) is 8.42 Å². The summed E-state index contributed by atoms with van der Waals surface area (Å²) in [4.78, 5) is 2.30. The third-order valence-electron chi connectivity index (χ3n) is 2.93. The summed E-state index contributed by atoms with van der Waals surface area (Å²) in [5.74, 6) is 0. The highest BCUT2D eigenvalue weighted by molar-refractivity contribution is 7.89. The number of sulfonamides is 1. The van der Waals surface area contributed by atoms with Gasteiger partial charge in [0.25, 0.3) is 0 Å². The Balaban J connectivity index is 2.88. The van der Waals surface area contributed by atoms with Crippen LogP contribution >= 0.6 is 0 Å². The molecule has 1 aromatic rings. The van der Waals surface area contributed by atoms with E-state index in [2.05, 4.69) is 16.5 Å². The van der Waals surface area contributed by atoms with Gasteiger partial charge in [0.05, 0.1) is 11.5 Å². The molecule has 1 aromatic carbocycles. The molecular formula is C13H22N2O3S. The molecule has 0 aliphatic rings. The Bertz CT molecular complexity index is 471. The zero-order valence-corrected chi connectivity index (χ0v) is 12.3. The fourth-order valence-electron chi connectivity index (χ4n) is 1.79. The molecule has 6 heteroatoms. The summed E-state index contributed by atoms with van der Waals surface area (Å²) < 4.78 is 25.5. The minimum Gasteiger partial charge on any atom is -0.395 e. The SMILES string of the molecule is CCCCN(CCO)c1ccc(S(=O)(=O)NC)cc1. The van der Waals surface area contributed by atoms with Gasteiger partial charge in [-0.25, -0.2) is 13.1 Å². The average Bonchev–Trinajstić information content (AvgIpc) is 2.43. The first-order chi connectivity index (χ1) is 9.05. The Hall–Kier alpha value is -1.11. The number of rotatable bonds is 8. The first kappa shape index (κ1) is 15.9. The van der Waals surface area contributed by atoms with Crippen molar-refractivity contribution in [2.75, 3.05) is 31.6 Å². The van der Waals surface area contributed by atoms with Gasteiger partial charge in [0, 0.05) is 18.8 Å². The lowest BCUT2D eigenvalue weighted by Gasteiger charge is -2.24. The summed E-state index contributed by atoms with van der Waals surface area (Å²) >= 11 is 0. The largest absolute Gasteiger partial charge is 0.395 e. The number of nitrogens with one attached hydrogen (secondary N) is 1. The molecule has 0 fully saturated rings. The second-order valence-corrected chi connectivity index (χ2v) is 6.15. The molecule has 0 heterocycles. The molecule has 2 N–H and O–H groups in total. The zero-order chi connectivity index (χ0) is 14.3. The van der Waals surface area contributed by atoms with E-state index in [-0.39, 0.29) is 11.5 Å². The fraction of sp³-hybridized carbons (Fsp3) is 0.538. The van der Waals surface area contributed by atoms with E-state index in [4.69, 9.17) is 5.11 Å². The highest BCUT2D eigenvalue weighted by Crippen LogP contribution is 2.18. The predicted molar refractivity (Wildman–Crippen MR) is 76.9 cm³/mol. The molecule has 0 atom stereocenters. The summed E-state index contributed by atoms with van der Waals surface area (Å²) in [5, 5.41) is 9.07. The lowest BCUT2D eigenvalue weighted by molar-refractivity contribution is 0.301. The van der Waals surface area contributed by atoms with Gasteiger partial charge >= 0.3 is 0 Å². The van der Waals surface area contributed by atoms with Crippen molar-refractivity contribution < 1.29 is 13.5 Å². The van der Waals surface area contributed by atoms with Crippen LogP contribution in [0.25, 0.3) is 0 Å². The third-order valence-corrected chi connectivity index (χ3v) is 4.36. The summed E-state index contributed by atoms with van der Waals surface area (Å²) in [6, 6.07) is 6.71. The molecule has 0 amide bonds. The second kappa shape index (κ2) is 7.47. The van der Waals surface area contributed by atoms with E-state index < -0.39 is 10.0 Å². The molecule has 0 aliphatic carbocycles. The monoisotopic (exact) mass is 286 g/mol. The maximum absolute atomic E-state index is 11.6. The average molecular weight is 286 g/mol. The molecule has 0 spiro atoms. The number of aliphatic hydroxyl groups excluding tert-OH is 1. The van der Waals surface area contributed by atoms with Crippen LogP contribution in [0, 0.1) is 0 Å². The fourth-order valence-corrected chi connectivity index (χ4v) is 2.52. The van der Waals surface area contributed by atoms with Gasteiger partial charge in [0.15, 0.2) is 0 Å². The van der Waals surface area contributed by atoms with Crippen LogP contribution in [-0.2, 0) is 10.0 Å². The van der Waals surface area contributed by atoms with Crippen LogP contribution in [0.15, 0.2) is 29.2 Å². The van der Waals surface area contributed by atoms with E-state index in [1.54, 1.807) is 24.3 Å². The Kier molecular flexibility index (Phi) is 6.27. The molecule has 0 saturated heterocycles. The third kappa shape index (κ3) is 4.49. The van der Waals surface area contributed by atoms with Crippen LogP contribution in [0.1, 0.15) is 19.8 Å². The zero-order valence-electron chi connectivity index (χ0n) is 11.5. The van der Waals surface area contributed by atoms with Crippen molar-refractivity contribution in [3.05, 3.63) is 24.3 Å². The number of nitrogens with zero attached hydrogens (tertiary/aromatic N) is 1. The Morgan fingerprint density at radius 2 is 1.84 bits per heavy atom. The second-order valence-electron chi connectivity index (χ2n) is 4.27. The normalized spacial score (nSPS) is 11.5. The van der Waals surface area contributed by atoms with Gasteiger partial charge in [-0.05, 0) is 37.7 Å². The van der Waals surface area contributed by atoms with Gasteiger partial charge in [-0.3, -0.25) is 0 Å². The van der Waals surface area contributed by atoms with Crippen molar-refractivity contribution in [2.45, 2.75) is 24.7 Å². The topological polar surface area (TPSA) is 69.6 Å². The van der Waals surface area contributed by atoms with Crippen molar-refractivity contribution in [1.29, 1.82) is 0 Å². The Labute approximate surface area is 115 Å². The first-order valence-corrected chi connectivity index (χ1v) is 7.93. The van der Waals surface area contributed by atoms with E-state index in [1.807, 2.05) is 0 Å². The number of unbranched alkanes of at least 4 members (excludes halogenated alkanes) is 1. The van der Waals surface area contributed by atoms with Crippen molar-refractivity contribution in [2.24, 2.45) is 0 Å². The lowest BCUT2D eigenvalue weighted by Crippen LogP contribution is -2.27. The van der Waals surface area contributed by atoms with E-state index >= 15 is 0 Å². The van der Waals surface area contributed by atoms with Crippen LogP contribution in [0.5, 0.6) is 0 Å². The van der Waals surface area contributed by atoms with Crippen LogP contribution in [0.3, 0.4) is 0 Å². The van der Waals surface area contributed by atoms with Crippen molar-refractivity contribution in [1.82, 2.24) is 4.72 Å². The standard InChI is InChI=1S/C13H22N2O3S/c1-3-4-9-15(10-11-16)12-5-7-13(8-6-12)19(17,18)14-2/h5-8,14,16H,3-4,9-11H2,1-2H3. The van der Waals surface area contributed by atoms with Gasteiger partial charge in [-0.15, -0.1) is 0 Å². The van der Waals surface area contributed by atoms with Crippen molar-refractivity contribution in [3.8, 4) is 0 Å². The number of benzene rings is 1. The molecule has 0 bridgehead atoms. The van der Waals surface area contributed by atoms with Gasteiger partial charge < -0.3 is 10.0 Å². The summed E-state index contributed by atoms with van der Waals surface area (Å²) in [7, 11) is -2.00. The quantitative estimate of drug-likeness (QED) is 0.753. The highest BCUT2D eigenvalue weighted by Gasteiger charge is 2.12. The predicted octanol–water partition coefficient (Wildman–Crippen LogP) is 1.19. The Morgan fingerprint density at radius 1 is 1.21 bits per heavy atom. The minimum absolute atomic E-state index is 0.0836. The van der Waals surface area contributed by atoms with Crippen LogP contribution < -0.4 is 9.62 Å². The number of hydrogen-bond acceptors (Lipinski definition) is 4. The molecule has 0 unspecified atom stereocenters. The minimum atomic E-state index is -3.39. The van der Waals surface area contributed by atoms with Crippen LogP contribution in [0.4, 0.5) is 5.69 Å². The number of hydrogen-bond donors (Lipinski definition) is 2. The summed E-state index contributed by atoms with van der Waals surface area (Å²) in [5.41, 5.74) is 0.928. The van der Waals surface area contributed by atoms with Crippen LogP contribution in [0.2, 0.25) is 0 Å². The van der Waals surface area contributed by atoms with Gasteiger partial charge in [0.2, 0.25) is 10.0 Å². The molecule has 0 aliphatic heterocycles. The summed E-state index contributed by atoms with van der Waals surface area (Å²) in [6.07, 6.45) is 2.12. The lowest BCUT2D eigenvalue weighted by atomic mass is 10.2. The molecule has 0 radical (unpaired) electrons. The molecule has 1 rings (SSSR count). The first-order valence-electron chi connectivity index (χ1n) is 6.44. The molecule has 108 valence electrons. The highest BCUT2D eigenvalue weighted by atomic mass is 32.2. The molecule has 19 heavy (non-hydrogen) atoms. The van der Waals surface area contributed by atoms with E-state index in [0.717, 1.165) is 25.1 Å². The van der Waals surface area contributed by atoms with Gasteiger partial charge in [-0.2, -0.15) is 0 Å². The van der Waals surface area contributed by atoms with E-state index in [0.29, 0.717) is 6.54 Å². The Morgan fingerprint density at radius 3 is 2.32 bits per heavy atom. The maximum Gasteiger partial charge on any atom is 0.240 e. The number of anilines is 1. The number of aliphatic hydroxyl groups is 1. The molecule has 0 saturated carbocycles. The smallest absolute Gasteiger partial charge is 0.240 e. The maximum atomic E-state index is 11.6. The van der Waals surface area contributed by atoms with Crippen molar-refractivity contribution in [3.63, 3.8) is 0 Å². The van der Waals surface area contributed by atoms with Crippen LogP contribution in [-0.4, -0.2) is 40.3 Å². The molecule has 0 aromatic heterocycles. The summed E-state index contributed by atoms with van der Waals surface area (Å²) in [6.45, 7) is 3.60. The molecular weight excluding hydrogens is 264 g/mol. The van der Waals surface area contributed by atoms with Crippen molar-refractivity contribution >= 4 is 15.7 Å². The molecule has 5 nitrogen and oxygen atoms in total.